The summed E-state index contributed by atoms with van der Waals surface area (Å²) < 4.78 is 91.2. The first-order valence-corrected chi connectivity index (χ1v) is 9.27. The van der Waals surface area contributed by atoms with Crippen LogP contribution < -0.4 is 0 Å². The van der Waals surface area contributed by atoms with Crippen molar-refractivity contribution in [3.05, 3.63) is 35.4 Å². The van der Waals surface area contributed by atoms with Crippen molar-refractivity contribution in [3.63, 3.8) is 0 Å². The van der Waals surface area contributed by atoms with E-state index in [9.17, 15) is 35.5 Å². The first-order chi connectivity index (χ1) is 11.5. The average Bonchev–Trinajstić information content (AvgIpc) is 2.69. The highest BCUT2D eigenvalue weighted by molar-refractivity contribution is 7.89. The second-order valence-electron chi connectivity index (χ2n) is 6.05. The maximum Gasteiger partial charge on any atom is 0.417 e. The van der Waals surface area contributed by atoms with Gasteiger partial charge in [0.05, 0.1) is 5.75 Å². The van der Waals surface area contributed by atoms with Crippen LogP contribution in [0.1, 0.15) is 24.8 Å². The molecule has 2 rings (SSSR count). The molecule has 142 valence electrons. The molecule has 1 heterocycles. The van der Waals surface area contributed by atoms with Gasteiger partial charge in [0.25, 0.3) is 0 Å². The van der Waals surface area contributed by atoms with Crippen LogP contribution in [-0.4, -0.2) is 48.4 Å². The summed E-state index contributed by atoms with van der Waals surface area (Å²) in [6.45, 7) is -0.682. The molecule has 0 aliphatic carbocycles. The van der Waals surface area contributed by atoms with Crippen molar-refractivity contribution >= 4 is 10.0 Å². The van der Waals surface area contributed by atoms with Crippen molar-refractivity contribution in [2.75, 3.05) is 18.8 Å². The molecule has 1 atom stereocenters. The van der Waals surface area contributed by atoms with Crippen LogP contribution in [-0.2, 0) is 16.4 Å². The van der Waals surface area contributed by atoms with E-state index in [1.54, 1.807) is 0 Å². The Hall–Kier alpha value is -1.26. The number of nitrogens with zero attached hydrogens (tertiary/aromatic N) is 1. The maximum atomic E-state index is 13.6. The summed E-state index contributed by atoms with van der Waals surface area (Å²) in [4.78, 5) is 0. The molecule has 0 saturated carbocycles. The number of sulfonamides is 1. The minimum absolute atomic E-state index is 0.163. The van der Waals surface area contributed by atoms with Gasteiger partial charge in [-0.25, -0.2) is 21.5 Å². The highest BCUT2D eigenvalue weighted by Crippen LogP contribution is 2.38. The van der Waals surface area contributed by atoms with Crippen molar-refractivity contribution in [2.24, 2.45) is 0 Å². The lowest BCUT2D eigenvalue weighted by atomic mass is 9.94. The topological polar surface area (TPSA) is 57.6 Å². The third kappa shape index (κ3) is 4.48. The molecule has 0 spiro atoms. The smallest absolute Gasteiger partial charge is 0.380 e. The second-order valence-corrected chi connectivity index (χ2v) is 8.14. The third-order valence-electron chi connectivity index (χ3n) is 4.37. The number of hydrogen-bond donors (Lipinski definition) is 1. The molecular weight excluding hydrogens is 369 g/mol. The Morgan fingerprint density at radius 2 is 1.72 bits per heavy atom. The summed E-state index contributed by atoms with van der Waals surface area (Å²) in [5, 5.41) is 9.71. The van der Waals surface area contributed by atoms with Crippen LogP contribution in [0.5, 0.6) is 0 Å². The summed E-state index contributed by atoms with van der Waals surface area (Å²) in [6, 6.07) is 3.15. The van der Waals surface area contributed by atoms with E-state index >= 15 is 0 Å². The van der Waals surface area contributed by atoms with E-state index in [1.807, 2.05) is 0 Å². The fraction of sp³-hybridized carbons (Fsp3) is 0.600. The number of aliphatic hydroxyl groups is 1. The van der Waals surface area contributed by atoms with Crippen LogP contribution >= 0.6 is 0 Å². The average molecular weight is 387 g/mol. The Morgan fingerprint density at radius 1 is 1.12 bits per heavy atom. The Morgan fingerprint density at radius 3 is 2.28 bits per heavy atom. The number of hydrogen-bond acceptors (Lipinski definition) is 3. The predicted octanol–water partition coefficient (Wildman–Crippen LogP) is 2.62. The molecule has 1 aliphatic heterocycles. The predicted molar refractivity (Wildman–Crippen MR) is 80.3 cm³/mol. The van der Waals surface area contributed by atoms with Gasteiger partial charge < -0.3 is 5.11 Å². The van der Waals surface area contributed by atoms with Gasteiger partial charge in [0.1, 0.15) is 11.6 Å². The zero-order chi connectivity index (χ0) is 18.9. The van der Waals surface area contributed by atoms with Gasteiger partial charge >= 0.3 is 6.18 Å². The standard InChI is InChI=1S/C15H18F5NO3S/c16-12-3-1-4-13(17)11(12)5-10-25(23,24)21-8-2-6-14(22,7-9-21)15(18,19)20/h1,3-4,22H,2,5-10H2. The van der Waals surface area contributed by atoms with Crippen molar-refractivity contribution in [3.8, 4) is 0 Å². The molecule has 0 bridgehead atoms. The number of benzene rings is 1. The molecule has 25 heavy (non-hydrogen) atoms. The largest absolute Gasteiger partial charge is 0.417 e. The SMILES string of the molecule is O=S(=O)(CCc1c(F)cccc1F)N1CCCC(O)(C(F)(F)F)CC1. The van der Waals surface area contributed by atoms with Crippen molar-refractivity contribution < 1.29 is 35.5 Å². The monoisotopic (exact) mass is 387 g/mol. The molecule has 0 amide bonds. The lowest BCUT2D eigenvalue weighted by Crippen LogP contribution is -2.46. The molecule has 10 heteroatoms. The van der Waals surface area contributed by atoms with Crippen LogP contribution in [0.2, 0.25) is 0 Å². The van der Waals surface area contributed by atoms with Gasteiger partial charge in [0, 0.05) is 18.7 Å². The molecule has 1 N–H and O–H groups in total. The molecule has 1 aliphatic rings. The number of alkyl halides is 3. The van der Waals surface area contributed by atoms with Gasteiger partial charge in [-0.05, 0) is 37.8 Å². The second kappa shape index (κ2) is 7.16. The van der Waals surface area contributed by atoms with Gasteiger partial charge in [-0.1, -0.05) is 6.07 Å². The Labute approximate surface area is 142 Å². The highest BCUT2D eigenvalue weighted by atomic mass is 32.2. The molecule has 1 saturated heterocycles. The number of rotatable bonds is 4. The van der Waals surface area contributed by atoms with Gasteiger partial charge in [-0.2, -0.15) is 13.2 Å². The fourth-order valence-corrected chi connectivity index (χ4v) is 4.28. The minimum atomic E-state index is -4.84. The van der Waals surface area contributed by atoms with Crippen molar-refractivity contribution in [1.29, 1.82) is 0 Å². The molecule has 1 fully saturated rings. The van der Waals surface area contributed by atoms with Crippen molar-refractivity contribution in [2.45, 2.75) is 37.5 Å². The van der Waals surface area contributed by atoms with Gasteiger partial charge in [0.15, 0.2) is 5.60 Å². The molecule has 1 unspecified atom stereocenters. The summed E-state index contributed by atoms with van der Waals surface area (Å²) in [5.41, 5.74) is -3.30. The van der Waals surface area contributed by atoms with Crippen LogP contribution in [0.15, 0.2) is 18.2 Å². The highest BCUT2D eigenvalue weighted by Gasteiger charge is 2.54. The quantitative estimate of drug-likeness (QED) is 0.808. The molecule has 1 aromatic carbocycles. The summed E-state index contributed by atoms with van der Waals surface area (Å²) in [5.74, 6) is -2.38. The lowest BCUT2D eigenvalue weighted by molar-refractivity contribution is -0.263. The van der Waals surface area contributed by atoms with E-state index in [0.29, 0.717) is 0 Å². The first kappa shape index (κ1) is 20.1. The van der Waals surface area contributed by atoms with Crippen LogP contribution in [0, 0.1) is 11.6 Å². The molecule has 1 aromatic rings. The van der Waals surface area contributed by atoms with E-state index in [0.717, 1.165) is 22.5 Å². The van der Waals surface area contributed by atoms with Crippen LogP contribution in [0.4, 0.5) is 22.0 Å². The molecule has 4 nitrogen and oxygen atoms in total. The minimum Gasteiger partial charge on any atom is -0.380 e. The summed E-state index contributed by atoms with van der Waals surface area (Å²) in [7, 11) is -4.01. The number of halogens is 5. The summed E-state index contributed by atoms with van der Waals surface area (Å²) >= 11 is 0. The Bertz CT molecular complexity index is 702. The maximum absolute atomic E-state index is 13.6. The Kier molecular flexibility index (Phi) is 5.75. The van der Waals surface area contributed by atoms with Crippen molar-refractivity contribution in [1.82, 2.24) is 4.31 Å². The van der Waals surface area contributed by atoms with Gasteiger partial charge in [-0.3, -0.25) is 0 Å². The molecule has 0 aromatic heterocycles. The van der Waals surface area contributed by atoms with E-state index < -0.39 is 65.0 Å². The van der Waals surface area contributed by atoms with E-state index in [1.165, 1.54) is 0 Å². The lowest BCUT2D eigenvalue weighted by Gasteiger charge is -2.29. The summed E-state index contributed by atoms with van der Waals surface area (Å²) in [6.07, 6.45) is -6.80. The zero-order valence-electron chi connectivity index (χ0n) is 13.2. The van der Waals surface area contributed by atoms with Gasteiger partial charge in [0.2, 0.25) is 10.0 Å². The molecular formula is C15H18F5NO3S. The van der Waals surface area contributed by atoms with E-state index in [2.05, 4.69) is 0 Å². The third-order valence-corrected chi connectivity index (χ3v) is 6.24. The normalized spacial score (nSPS) is 23.4. The zero-order valence-corrected chi connectivity index (χ0v) is 14.0. The van der Waals surface area contributed by atoms with Crippen LogP contribution in [0.3, 0.4) is 0 Å². The fourth-order valence-electron chi connectivity index (χ4n) is 2.79. The first-order valence-electron chi connectivity index (χ1n) is 7.66. The van der Waals surface area contributed by atoms with E-state index in [4.69, 9.17) is 0 Å². The molecule has 0 radical (unpaired) electrons. The van der Waals surface area contributed by atoms with Crippen LogP contribution in [0.25, 0.3) is 0 Å². The van der Waals surface area contributed by atoms with E-state index in [-0.39, 0.29) is 18.5 Å². The van der Waals surface area contributed by atoms with Gasteiger partial charge in [-0.15, -0.1) is 0 Å². The Balaban J connectivity index is 2.08.